The Bertz CT molecular complexity index is 550. The fourth-order valence-corrected chi connectivity index (χ4v) is 1.66. The van der Waals surface area contributed by atoms with Gasteiger partial charge in [-0.15, -0.1) is 10.2 Å². The van der Waals surface area contributed by atoms with Crippen molar-refractivity contribution >= 4 is 34.9 Å². The van der Waals surface area contributed by atoms with E-state index in [9.17, 15) is 4.79 Å². The molecule has 2 heterocycles. The molecular formula is C10H8Cl2N4O. The minimum Gasteiger partial charge on any atom is -0.345 e. The Morgan fingerprint density at radius 3 is 2.65 bits per heavy atom. The first-order chi connectivity index (χ1) is 8.06. The number of halogens is 2. The Kier molecular flexibility index (Phi) is 3.31. The molecule has 2 rings (SSSR count). The van der Waals surface area contributed by atoms with Crippen LogP contribution in [-0.4, -0.2) is 20.7 Å². The zero-order chi connectivity index (χ0) is 12.4. The minimum absolute atomic E-state index is 0.268. The van der Waals surface area contributed by atoms with Gasteiger partial charge in [-0.2, -0.15) is 0 Å². The molecule has 0 atom stereocenters. The molecule has 0 unspecified atom stereocenters. The fraction of sp³-hybridized carbons (Fsp3) is 0.100. The topological polar surface area (TPSA) is 59.8 Å². The van der Waals surface area contributed by atoms with Gasteiger partial charge in [-0.05, 0) is 18.2 Å². The largest absolute Gasteiger partial charge is 0.345 e. The van der Waals surface area contributed by atoms with E-state index in [1.54, 1.807) is 36.0 Å². The van der Waals surface area contributed by atoms with Crippen LogP contribution in [0.15, 0.2) is 24.4 Å². The van der Waals surface area contributed by atoms with E-state index in [0.717, 1.165) is 0 Å². The third-order valence-corrected chi connectivity index (χ3v) is 2.49. The number of hydrogen-bond acceptors (Lipinski definition) is 3. The average Bonchev–Trinajstić information content (AvgIpc) is 2.61. The van der Waals surface area contributed by atoms with Crippen molar-refractivity contribution in [3.8, 4) is 0 Å². The predicted octanol–water partition coefficient (Wildman–Crippen LogP) is 2.37. The van der Waals surface area contributed by atoms with Crippen LogP contribution in [0.25, 0.3) is 0 Å². The Morgan fingerprint density at radius 1 is 1.35 bits per heavy atom. The molecule has 0 aliphatic carbocycles. The zero-order valence-corrected chi connectivity index (χ0v) is 10.3. The van der Waals surface area contributed by atoms with Crippen molar-refractivity contribution in [2.24, 2.45) is 7.05 Å². The van der Waals surface area contributed by atoms with Crippen molar-refractivity contribution in [2.75, 3.05) is 5.32 Å². The SMILES string of the molecule is Cn1cc(Cl)cc1C(=O)Nc1ccc(Cl)nn1. The second-order valence-electron chi connectivity index (χ2n) is 3.35. The van der Waals surface area contributed by atoms with Crippen LogP contribution in [0.5, 0.6) is 0 Å². The normalized spacial score (nSPS) is 10.3. The summed E-state index contributed by atoms with van der Waals surface area (Å²) in [7, 11) is 1.73. The number of hydrogen-bond donors (Lipinski definition) is 1. The summed E-state index contributed by atoms with van der Waals surface area (Å²) in [4.78, 5) is 11.8. The van der Waals surface area contributed by atoms with E-state index in [4.69, 9.17) is 23.2 Å². The van der Waals surface area contributed by atoms with Gasteiger partial charge in [0.1, 0.15) is 5.69 Å². The molecule has 0 spiro atoms. The van der Waals surface area contributed by atoms with Gasteiger partial charge in [0.2, 0.25) is 0 Å². The Hall–Kier alpha value is -1.59. The Labute approximate surface area is 107 Å². The van der Waals surface area contributed by atoms with E-state index in [1.165, 1.54) is 0 Å². The molecule has 0 aliphatic heterocycles. The lowest BCUT2D eigenvalue weighted by Crippen LogP contribution is -2.16. The molecule has 88 valence electrons. The highest BCUT2D eigenvalue weighted by atomic mass is 35.5. The number of carbonyl (C=O) groups is 1. The van der Waals surface area contributed by atoms with Crippen molar-refractivity contribution in [1.82, 2.24) is 14.8 Å². The molecule has 1 N–H and O–H groups in total. The standard InChI is InChI=1S/C10H8Cl2N4O/c1-16-5-6(11)4-7(16)10(17)13-9-3-2-8(12)14-15-9/h2-5H,1H3,(H,13,15,17). The summed E-state index contributed by atoms with van der Waals surface area (Å²) in [5, 5.41) is 10.7. The van der Waals surface area contributed by atoms with Crippen molar-refractivity contribution in [1.29, 1.82) is 0 Å². The quantitative estimate of drug-likeness (QED) is 0.912. The van der Waals surface area contributed by atoms with E-state index in [1.807, 2.05) is 0 Å². The van der Waals surface area contributed by atoms with Gasteiger partial charge in [0.25, 0.3) is 5.91 Å². The summed E-state index contributed by atoms with van der Waals surface area (Å²) in [6, 6.07) is 4.68. The van der Waals surface area contributed by atoms with Crippen molar-refractivity contribution < 1.29 is 4.79 Å². The molecule has 2 aromatic rings. The molecule has 0 radical (unpaired) electrons. The number of carbonyl (C=O) groups excluding carboxylic acids is 1. The van der Waals surface area contributed by atoms with Gasteiger partial charge in [-0.25, -0.2) is 0 Å². The van der Waals surface area contributed by atoms with E-state index in [-0.39, 0.29) is 11.1 Å². The number of rotatable bonds is 2. The number of amides is 1. The number of aryl methyl sites for hydroxylation is 1. The third-order valence-electron chi connectivity index (χ3n) is 2.08. The lowest BCUT2D eigenvalue weighted by atomic mass is 10.4. The summed E-state index contributed by atoms with van der Waals surface area (Å²) >= 11 is 11.4. The van der Waals surface area contributed by atoms with Crippen LogP contribution >= 0.6 is 23.2 Å². The fourth-order valence-electron chi connectivity index (χ4n) is 1.31. The lowest BCUT2D eigenvalue weighted by Gasteiger charge is -2.04. The molecule has 17 heavy (non-hydrogen) atoms. The molecule has 0 bridgehead atoms. The smallest absolute Gasteiger partial charge is 0.273 e. The molecule has 0 aromatic carbocycles. The first-order valence-corrected chi connectivity index (χ1v) is 5.44. The summed E-state index contributed by atoms with van der Waals surface area (Å²) in [5.41, 5.74) is 0.437. The molecule has 1 amide bonds. The lowest BCUT2D eigenvalue weighted by molar-refractivity contribution is 0.101. The summed E-state index contributed by atoms with van der Waals surface area (Å²) in [5.74, 6) is 0.0211. The highest BCUT2D eigenvalue weighted by Crippen LogP contribution is 2.14. The van der Waals surface area contributed by atoms with Gasteiger partial charge < -0.3 is 9.88 Å². The van der Waals surface area contributed by atoms with E-state index >= 15 is 0 Å². The first kappa shape index (κ1) is 11.9. The molecule has 2 aromatic heterocycles. The maximum Gasteiger partial charge on any atom is 0.273 e. The van der Waals surface area contributed by atoms with Gasteiger partial charge in [0.05, 0.1) is 5.02 Å². The second-order valence-corrected chi connectivity index (χ2v) is 4.17. The van der Waals surface area contributed by atoms with Crippen molar-refractivity contribution in [3.05, 3.63) is 40.3 Å². The number of aromatic nitrogens is 3. The van der Waals surface area contributed by atoms with Crippen LogP contribution in [0.1, 0.15) is 10.5 Å². The van der Waals surface area contributed by atoms with Gasteiger partial charge in [0, 0.05) is 13.2 Å². The second kappa shape index (κ2) is 4.73. The molecule has 0 saturated heterocycles. The van der Waals surface area contributed by atoms with E-state index in [2.05, 4.69) is 15.5 Å². The van der Waals surface area contributed by atoms with Gasteiger partial charge >= 0.3 is 0 Å². The van der Waals surface area contributed by atoms with Gasteiger partial charge in [-0.1, -0.05) is 23.2 Å². The van der Waals surface area contributed by atoms with Crippen molar-refractivity contribution in [2.45, 2.75) is 0 Å². The third kappa shape index (κ3) is 2.75. The first-order valence-electron chi connectivity index (χ1n) is 4.69. The summed E-state index contributed by atoms with van der Waals surface area (Å²) in [6.45, 7) is 0. The summed E-state index contributed by atoms with van der Waals surface area (Å²) in [6.07, 6.45) is 1.64. The molecule has 0 fully saturated rings. The van der Waals surface area contributed by atoms with Crippen LogP contribution in [0.4, 0.5) is 5.82 Å². The highest BCUT2D eigenvalue weighted by Gasteiger charge is 2.11. The highest BCUT2D eigenvalue weighted by molar-refractivity contribution is 6.31. The number of nitrogens with one attached hydrogen (secondary N) is 1. The maximum absolute atomic E-state index is 11.8. The zero-order valence-electron chi connectivity index (χ0n) is 8.82. The Morgan fingerprint density at radius 2 is 2.12 bits per heavy atom. The van der Waals surface area contributed by atoms with Crippen LogP contribution < -0.4 is 5.32 Å². The van der Waals surface area contributed by atoms with Crippen LogP contribution in [0.2, 0.25) is 10.2 Å². The minimum atomic E-state index is -0.309. The van der Waals surface area contributed by atoms with Gasteiger partial charge in [0.15, 0.2) is 11.0 Å². The average molecular weight is 271 g/mol. The van der Waals surface area contributed by atoms with Crippen LogP contribution in [0, 0.1) is 0 Å². The van der Waals surface area contributed by atoms with Gasteiger partial charge in [-0.3, -0.25) is 4.79 Å². The van der Waals surface area contributed by atoms with Crippen molar-refractivity contribution in [3.63, 3.8) is 0 Å². The van der Waals surface area contributed by atoms with Crippen LogP contribution in [-0.2, 0) is 7.05 Å². The molecule has 0 saturated carbocycles. The summed E-state index contributed by atoms with van der Waals surface area (Å²) < 4.78 is 1.63. The molecule has 0 aliphatic rings. The monoisotopic (exact) mass is 270 g/mol. The molecular weight excluding hydrogens is 263 g/mol. The van der Waals surface area contributed by atoms with E-state index < -0.39 is 0 Å². The van der Waals surface area contributed by atoms with E-state index in [0.29, 0.717) is 16.5 Å². The molecule has 5 nitrogen and oxygen atoms in total. The number of nitrogens with zero attached hydrogens (tertiary/aromatic N) is 3. The Balaban J connectivity index is 2.17. The molecule has 7 heteroatoms. The predicted molar refractivity (Wildman–Crippen MR) is 65.4 cm³/mol. The maximum atomic E-state index is 11.8. The van der Waals surface area contributed by atoms with Crippen LogP contribution in [0.3, 0.4) is 0 Å². The number of anilines is 1.